The molecule has 0 aliphatic carbocycles. The summed E-state index contributed by atoms with van der Waals surface area (Å²) >= 11 is 0. The number of hydrogen-bond acceptors (Lipinski definition) is 7. The van der Waals surface area contributed by atoms with E-state index in [1.165, 1.54) is 0 Å². The number of likely N-dealkylation sites (N-methyl/N-ethyl adjacent to an activating group) is 1. The third-order valence-corrected chi connectivity index (χ3v) is 4.23. The zero-order chi connectivity index (χ0) is 24.6. The monoisotopic (exact) mass is 462 g/mol. The number of anilines is 2. The van der Waals surface area contributed by atoms with Crippen LogP contribution in [0.2, 0.25) is 0 Å². The molecule has 0 unspecified atom stereocenters. The van der Waals surface area contributed by atoms with Gasteiger partial charge in [0.25, 0.3) is 0 Å². The molecule has 2 heterocycles. The van der Waals surface area contributed by atoms with Crippen molar-refractivity contribution < 1.29 is 27.9 Å². The number of carbonyl (C=O) groups excluding carboxylic acids is 1. The first-order chi connectivity index (χ1) is 14.7. The van der Waals surface area contributed by atoms with Gasteiger partial charge in [0, 0.05) is 37.2 Å². The Morgan fingerprint density at radius 3 is 2.06 bits per heavy atom. The van der Waals surface area contributed by atoms with Gasteiger partial charge in [-0.15, -0.1) is 0 Å². The molecule has 3 N–H and O–H groups in total. The van der Waals surface area contributed by atoms with Gasteiger partial charge in [-0.2, -0.15) is 18.2 Å². The maximum Gasteiger partial charge on any atom is 0.490 e. The topological polar surface area (TPSA) is 111 Å². The average Bonchev–Trinajstić information content (AvgIpc) is 2.82. The molecule has 0 fully saturated rings. The number of fused-ring (bicyclic) bond motifs is 1. The van der Waals surface area contributed by atoms with Gasteiger partial charge in [-0.3, -0.25) is 4.79 Å². The molecule has 0 spiro atoms. The van der Waals surface area contributed by atoms with Gasteiger partial charge in [0.05, 0.1) is 12.2 Å². The number of carbonyl (C=O) groups is 2. The molecule has 1 aliphatic rings. The van der Waals surface area contributed by atoms with Crippen LogP contribution in [0.4, 0.5) is 24.9 Å². The number of rotatable bonds is 6. The van der Waals surface area contributed by atoms with Crippen molar-refractivity contribution in [1.29, 1.82) is 0 Å². The van der Waals surface area contributed by atoms with Gasteiger partial charge in [0.2, 0.25) is 11.9 Å². The average molecular weight is 463 g/mol. The second-order valence-corrected chi connectivity index (χ2v) is 8.34. The van der Waals surface area contributed by atoms with E-state index in [1.807, 2.05) is 23.9 Å². The number of amides is 1. The fraction of sp³-hybridized carbons (Fsp3) is 0.700. The minimum Gasteiger partial charge on any atom is -0.475 e. The summed E-state index contributed by atoms with van der Waals surface area (Å²) in [6, 6.07) is 0.564. The molecule has 182 valence electrons. The number of hydrogen-bond donors (Lipinski definition) is 3. The lowest BCUT2D eigenvalue weighted by atomic mass is 10.1. The summed E-state index contributed by atoms with van der Waals surface area (Å²) < 4.78 is 31.7. The molecule has 1 aliphatic heterocycles. The van der Waals surface area contributed by atoms with Crippen LogP contribution in [0.25, 0.3) is 0 Å². The number of nitrogens with zero attached hydrogens (tertiary/aromatic N) is 4. The molecule has 2 rings (SSSR count). The highest BCUT2D eigenvalue weighted by atomic mass is 19.4. The lowest BCUT2D eigenvalue weighted by molar-refractivity contribution is -0.192. The molecule has 32 heavy (non-hydrogen) atoms. The Kier molecular flexibility index (Phi) is 10.1. The predicted octanol–water partition coefficient (Wildman–Crippen LogP) is 2.24. The Hall–Kier alpha value is -2.63. The predicted molar refractivity (Wildman–Crippen MR) is 116 cm³/mol. The van der Waals surface area contributed by atoms with Gasteiger partial charge in [-0.05, 0) is 48.2 Å². The van der Waals surface area contributed by atoms with Gasteiger partial charge < -0.3 is 25.5 Å². The first-order valence-electron chi connectivity index (χ1n) is 10.4. The number of aromatic nitrogens is 2. The highest BCUT2D eigenvalue weighted by Crippen LogP contribution is 2.24. The lowest BCUT2D eigenvalue weighted by Crippen LogP contribution is -2.39. The fourth-order valence-corrected chi connectivity index (χ4v) is 2.93. The van der Waals surface area contributed by atoms with E-state index in [4.69, 9.17) is 14.9 Å². The van der Waals surface area contributed by atoms with Gasteiger partial charge >= 0.3 is 12.1 Å². The second-order valence-electron chi connectivity index (χ2n) is 8.34. The summed E-state index contributed by atoms with van der Waals surface area (Å²) in [6.07, 6.45) is -3.54. The van der Waals surface area contributed by atoms with Crippen molar-refractivity contribution in [2.45, 2.75) is 58.8 Å². The standard InChI is InChI=1S/C18H32N6O.C2HF3O2/c1-12(2)19-17-14-7-9-24(16(25)11-23(5)6)10-8-15(14)21-18(22-17)20-13(3)4;3-2(4,5)1(6)7/h12-13H,7-11H2,1-6H3,(H2,19,20,21,22);(H,6,7). The molecular weight excluding hydrogens is 429 g/mol. The Morgan fingerprint density at radius 2 is 1.59 bits per heavy atom. The normalized spacial score (nSPS) is 13.9. The van der Waals surface area contributed by atoms with Crippen LogP contribution >= 0.6 is 0 Å². The first-order valence-corrected chi connectivity index (χ1v) is 10.4. The van der Waals surface area contributed by atoms with Gasteiger partial charge in [0.15, 0.2) is 0 Å². The van der Waals surface area contributed by atoms with E-state index in [0.29, 0.717) is 31.6 Å². The van der Waals surface area contributed by atoms with Crippen LogP contribution in [-0.2, 0) is 22.4 Å². The summed E-state index contributed by atoms with van der Waals surface area (Å²) in [7, 11) is 3.84. The number of nitrogens with one attached hydrogen (secondary N) is 2. The SMILES string of the molecule is CC(C)Nc1nc2c(c(NC(C)C)n1)CCN(C(=O)CN(C)C)CC2.O=C(O)C(F)(F)F. The third-order valence-electron chi connectivity index (χ3n) is 4.23. The van der Waals surface area contributed by atoms with Gasteiger partial charge in [-0.1, -0.05) is 0 Å². The summed E-state index contributed by atoms with van der Waals surface area (Å²) in [4.78, 5) is 34.6. The Bertz CT molecular complexity index is 785. The van der Waals surface area contributed by atoms with Crippen molar-refractivity contribution in [3.05, 3.63) is 11.3 Å². The molecule has 0 aromatic carbocycles. The van der Waals surface area contributed by atoms with Crippen LogP contribution in [-0.4, -0.2) is 88.7 Å². The van der Waals surface area contributed by atoms with Crippen molar-refractivity contribution >= 4 is 23.6 Å². The van der Waals surface area contributed by atoms with Gasteiger partial charge in [0.1, 0.15) is 5.82 Å². The van der Waals surface area contributed by atoms with Crippen LogP contribution in [0, 0.1) is 0 Å². The molecule has 0 radical (unpaired) electrons. The molecule has 0 saturated carbocycles. The first kappa shape index (κ1) is 27.4. The molecule has 1 aromatic heterocycles. The van der Waals surface area contributed by atoms with Crippen LogP contribution in [0.5, 0.6) is 0 Å². The number of carboxylic acid groups (broad SMARTS) is 1. The smallest absolute Gasteiger partial charge is 0.475 e. The summed E-state index contributed by atoms with van der Waals surface area (Å²) in [5.41, 5.74) is 2.18. The van der Waals surface area contributed by atoms with Crippen LogP contribution in [0.3, 0.4) is 0 Å². The zero-order valence-electron chi connectivity index (χ0n) is 19.4. The van der Waals surface area contributed by atoms with Crippen molar-refractivity contribution in [2.24, 2.45) is 0 Å². The largest absolute Gasteiger partial charge is 0.490 e. The zero-order valence-corrected chi connectivity index (χ0v) is 19.4. The fourth-order valence-electron chi connectivity index (χ4n) is 2.93. The molecule has 9 nitrogen and oxygen atoms in total. The molecule has 0 saturated heterocycles. The van der Waals surface area contributed by atoms with Crippen LogP contribution in [0.1, 0.15) is 39.0 Å². The van der Waals surface area contributed by atoms with Crippen LogP contribution in [0.15, 0.2) is 0 Å². The van der Waals surface area contributed by atoms with E-state index in [2.05, 4.69) is 43.3 Å². The minimum atomic E-state index is -5.08. The van der Waals surface area contributed by atoms with E-state index in [1.54, 1.807) is 0 Å². The molecule has 0 bridgehead atoms. The quantitative estimate of drug-likeness (QED) is 0.590. The third kappa shape index (κ3) is 9.25. The van der Waals surface area contributed by atoms with Crippen molar-refractivity contribution in [3.8, 4) is 0 Å². The molecule has 12 heteroatoms. The molecule has 1 aromatic rings. The van der Waals surface area contributed by atoms with E-state index in [-0.39, 0.29) is 11.9 Å². The lowest BCUT2D eigenvalue weighted by Gasteiger charge is -2.22. The Labute approximate surface area is 186 Å². The number of alkyl halides is 3. The minimum absolute atomic E-state index is 0.171. The van der Waals surface area contributed by atoms with E-state index in [9.17, 15) is 18.0 Å². The number of aliphatic carboxylic acids is 1. The number of carboxylic acids is 1. The highest BCUT2D eigenvalue weighted by Gasteiger charge is 2.38. The van der Waals surface area contributed by atoms with Crippen molar-refractivity contribution in [2.75, 3.05) is 44.4 Å². The molecule has 0 atom stereocenters. The molecule has 1 amide bonds. The van der Waals surface area contributed by atoms with E-state index >= 15 is 0 Å². The maximum absolute atomic E-state index is 12.4. The van der Waals surface area contributed by atoms with Crippen molar-refractivity contribution in [3.63, 3.8) is 0 Å². The van der Waals surface area contributed by atoms with E-state index < -0.39 is 12.1 Å². The number of halogens is 3. The molecular formula is C20H33F3N6O3. The Morgan fingerprint density at radius 1 is 1.06 bits per heavy atom. The van der Waals surface area contributed by atoms with E-state index in [0.717, 1.165) is 29.9 Å². The van der Waals surface area contributed by atoms with Crippen LogP contribution < -0.4 is 10.6 Å². The van der Waals surface area contributed by atoms with Crippen molar-refractivity contribution in [1.82, 2.24) is 19.8 Å². The second kappa shape index (κ2) is 11.8. The Balaban J connectivity index is 0.000000633. The maximum atomic E-state index is 12.4. The highest BCUT2D eigenvalue weighted by molar-refractivity contribution is 5.78. The summed E-state index contributed by atoms with van der Waals surface area (Å²) in [5, 5.41) is 13.9. The summed E-state index contributed by atoms with van der Waals surface area (Å²) in [5.74, 6) is -1.04. The van der Waals surface area contributed by atoms with Gasteiger partial charge in [-0.25, -0.2) is 9.78 Å². The summed E-state index contributed by atoms with van der Waals surface area (Å²) in [6.45, 7) is 10.2.